The van der Waals surface area contributed by atoms with Crippen LogP contribution in [0.25, 0.3) is 0 Å². The molecule has 2 atom stereocenters. The molecule has 1 aliphatic heterocycles. The Hall–Kier alpha value is -0.370. The zero-order chi connectivity index (χ0) is 9.57. The summed E-state index contributed by atoms with van der Waals surface area (Å²) in [6, 6.07) is 0. The minimum Gasteiger partial charge on any atom is -0.306 e. The first-order valence-corrected chi connectivity index (χ1v) is 4.56. The molecule has 1 saturated heterocycles. The molecule has 70 valence electrons. The number of aldehydes is 1. The smallest absolute Gasteiger partial charge is 0.125 e. The summed E-state index contributed by atoms with van der Waals surface area (Å²) in [4.78, 5) is 10.9. The van der Waals surface area contributed by atoms with Gasteiger partial charge in [-0.3, -0.25) is 0 Å². The van der Waals surface area contributed by atoms with Crippen molar-refractivity contribution in [1.82, 2.24) is 5.32 Å². The average molecular weight is 169 g/mol. The van der Waals surface area contributed by atoms with Crippen LogP contribution in [0.1, 0.15) is 34.6 Å². The summed E-state index contributed by atoms with van der Waals surface area (Å²) in [7, 11) is 0. The molecule has 1 fully saturated rings. The molecule has 0 aliphatic carbocycles. The van der Waals surface area contributed by atoms with Gasteiger partial charge in [-0.1, -0.05) is 6.92 Å². The van der Waals surface area contributed by atoms with Crippen LogP contribution in [0.5, 0.6) is 0 Å². The highest BCUT2D eigenvalue weighted by Crippen LogP contribution is 2.39. The SMILES string of the molecule is CC1C(C=O)C(C)(C)NC1(C)C. The maximum atomic E-state index is 10.9. The highest BCUT2D eigenvalue weighted by atomic mass is 16.1. The second kappa shape index (κ2) is 2.56. The molecule has 0 aromatic carbocycles. The molecule has 0 bridgehead atoms. The van der Waals surface area contributed by atoms with E-state index in [2.05, 4.69) is 39.9 Å². The van der Waals surface area contributed by atoms with Crippen LogP contribution in [-0.4, -0.2) is 17.4 Å². The van der Waals surface area contributed by atoms with Crippen LogP contribution in [0.3, 0.4) is 0 Å². The third-order valence-corrected chi connectivity index (χ3v) is 3.30. The van der Waals surface area contributed by atoms with Gasteiger partial charge in [0.1, 0.15) is 6.29 Å². The number of carbonyl (C=O) groups is 1. The predicted octanol–water partition coefficient (Wildman–Crippen LogP) is 1.60. The first-order valence-electron chi connectivity index (χ1n) is 4.56. The van der Waals surface area contributed by atoms with Crippen molar-refractivity contribution in [3.63, 3.8) is 0 Å². The van der Waals surface area contributed by atoms with Crippen molar-refractivity contribution >= 4 is 6.29 Å². The monoisotopic (exact) mass is 169 g/mol. The van der Waals surface area contributed by atoms with E-state index in [1.165, 1.54) is 0 Å². The van der Waals surface area contributed by atoms with E-state index in [1.54, 1.807) is 0 Å². The van der Waals surface area contributed by atoms with Gasteiger partial charge < -0.3 is 10.1 Å². The summed E-state index contributed by atoms with van der Waals surface area (Å²) in [5, 5.41) is 3.49. The second-order valence-electron chi connectivity index (χ2n) is 5.02. The summed E-state index contributed by atoms with van der Waals surface area (Å²) in [6.07, 6.45) is 1.09. The lowest BCUT2D eigenvalue weighted by Gasteiger charge is -2.26. The van der Waals surface area contributed by atoms with Gasteiger partial charge in [-0.15, -0.1) is 0 Å². The Morgan fingerprint density at radius 3 is 1.83 bits per heavy atom. The molecule has 1 rings (SSSR count). The van der Waals surface area contributed by atoms with E-state index in [4.69, 9.17) is 0 Å². The van der Waals surface area contributed by atoms with Gasteiger partial charge in [0.25, 0.3) is 0 Å². The summed E-state index contributed by atoms with van der Waals surface area (Å²) < 4.78 is 0. The topological polar surface area (TPSA) is 29.1 Å². The number of carbonyl (C=O) groups excluding carboxylic acids is 1. The molecule has 0 radical (unpaired) electrons. The van der Waals surface area contributed by atoms with Crippen LogP contribution >= 0.6 is 0 Å². The summed E-state index contributed by atoms with van der Waals surface area (Å²) >= 11 is 0. The number of nitrogens with one attached hydrogen (secondary N) is 1. The first kappa shape index (κ1) is 9.72. The number of hydrogen-bond acceptors (Lipinski definition) is 2. The summed E-state index contributed by atoms with van der Waals surface area (Å²) in [6.45, 7) is 10.6. The fraction of sp³-hybridized carbons (Fsp3) is 0.900. The van der Waals surface area contributed by atoms with Crippen molar-refractivity contribution < 1.29 is 4.79 Å². The Kier molecular flexibility index (Phi) is 2.07. The number of hydrogen-bond donors (Lipinski definition) is 1. The Morgan fingerprint density at radius 1 is 1.17 bits per heavy atom. The maximum Gasteiger partial charge on any atom is 0.125 e. The number of rotatable bonds is 1. The third-order valence-electron chi connectivity index (χ3n) is 3.30. The third kappa shape index (κ3) is 1.28. The highest BCUT2D eigenvalue weighted by Gasteiger charge is 2.49. The van der Waals surface area contributed by atoms with Gasteiger partial charge in [-0.05, 0) is 33.6 Å². The van der Waals surface area contributed by atoms with Crippen molar-refractivity contribution in [3.05, 3.63) is 0 Å². The standard InChI is InChI=1S/C10H19NO/c1-7-8(6-12)10(4,5)11-9(7,2)3/h6-8,11H,1-5H3. The molecular weight excluding hydrogens is 150 g/mol. The molecule has 2 nitrogen and oxygen atoms in total. The van der Waals surface area contributed by atoms with E-state index >= 15 is 0 Å². The molecule has 0 amide bonds. The van der Waals surface area contributed by atoms with E-state index in [9.17, 15) is 4.79 Å². The first-order chi connectivity index (χ1) is 5.31. The lowest BCUT2D eigenvalue weighted by molar-refractivity contribution is -0.113. The Labute approximate surface area is 74.7 Å². The molecule has 0 spiro atoms. The zero-order valence-electron chi connectivity index (χ0n) is 8.64. The van der Waals surface area contributed by atoms with E-state index in [0.29, 0.717) is 5.92 Å². The minimum absolute atomic E-state index is 0.0509. The van der Waals surface area contributed by atoms with Crippen molar-refractivity contribution in [2.24, 2.45) is 11.8 Å². The lowest BCUT2D eigenvalue weighted by atomic mass is 9.79. The van der Waals surface area contributed by atoms with Crippen molar-refractivity contribution in [3.8, 4) is 0 Å². The Morgan fingerprint density at radius 2 is 1.67 bits per heavy atom. The van der Waals surface area contributed by atoms with Crippen LogP contribution in [0.4, 0.5) is 0 Å². The fourth-order valence-corrected chi connectivity index (χ4v) is 2.39. The molecule has 12 heavy (non-hydrogen) atoms. The van der Waals surface area contributed by atoms with Crippen LogP contribution in [0.2, 0.25) is 0 Å². The highest BCUT2D eigenvalue weighted by molar-refractivity contribution is 5.58. The van der Waals surface area contributed by atoms with Crippen LogP contribution < -0.4 is 5.32 Å². The van der Waals surface area contributed by atoms with Gasteiger partial charge >= 0.3 is 0 Å². The zero-order valence-corrected chi connectivity index (χ0v) is 8.64. The largest absolute Gasteiger partial charge is 0.306 e. The predicted molar refractivity (Wildman–Crippen MR) is 50.0 cm³/mol. The van der Waals surface area contributed by atoms with Gasteiger partial charge in [0.05, 0.1) is 0 Å². The molecule has 0 aromatic rings. The molecule has 2 unspecified atom stereocenters. The Balaban J connectivity index is 2.95. The average Bonchev–Trinajstić information content (AvgIpc) is 1.98. The molecule has 2 heteroatoms. The van der Waals surface area contributed by atoms with Crippen LogP contribution in [0.15, 0.2) is 0 Å². The van der Waals surface area contributed by atoms with Gasteiger partial charge in [0, 0.05) is 17.0 Å². The normalized spacial score (nSPS) is 38.1. The van der Waals surface area contributed by atoms with Gasteiger partial charge in [-0.2, -0.15) is 0 Å². The van der Waals surface area contributed by atoms with Crippen molar-refractivity contribution in [1.29, 1.82) is 0 Å². The van der Waals surface area contributed by atoms with Crippen molar-refractivity contribution in [2.45, 2.75) is 45.7 Å². The quantitative estimate of drug-likeness (QED) is 0.604. The van der Waals surface area contributed by atoms with E-state index in [-0.39, 0.29) is 17.0 Å². The van der Waals surface area contributed by atoms with Gasteiger partial charge in [0.2, 0.25) is 0 Å². The van der Waals surface area contributed by atoms with E-state index in [1.807, 2.05) is 0 Å². The lowest BCUT2D eigenvalue weighted by Crippen LogP contribution is -2.45. The van der Waals surface area contributed by atoms with Gasteiger partial charge in [0.15, 0.2) is 0 Å². The minimum atomic E-state index is -0.0509. The second-order valence-corrected chi connectivity index (χ2v) is 5.02. The van der Waals surface area contributed by atoms with Gasteiger partial charge in [-0.25, -0.2) is 0 Å². The molecular formula is C10H19NO. The molecule has 0 aromatic heterocycles. The Bertz CT molecular complexity index is 196. The van der Waals surface area contributed by atoms with Crippen molar-refractivity contribution in [2.75, 3.05) is 0 Å². The maximum absolute atomic E-state index is 10.9. The molecule has 0 saturated carbocycles. The van der Waals surface area contributed by atoms with Crippen LogP contribution in [0, 0.1) is 11.8 Å². The van der Waals surface area contributed by atoms with E-state index < -0.39 is 0 Å². The van der Waals surface area contributed by atoms with Crippen LogP contribution in [-0.2, 0) is 4.79 Å². The molecule has 1 aliphatic rings. The molecule has 1 N–H and O–H groups in total. The fourth-order valence-electron chi connectivity index (χ4n) is 2.39. The summed E-state index contributed by atoms with van der Waals surface area (Å²) in [5.41, 5.74) is 0.0275. The molecule has 1 heterocycles. The van der Waals surface area contributed by atoms with E-state index in [0.717, 1.165) is 6.29 Å². The summed E-state index contributed by atoms with van der Waals surface area (Å²) in [5.74, 6) is 0.539.